The monoisotopic (exact) mass is 297 g/mol. The molecular weight excluding hydrogens is 285 g/mol. The highest BCUT2D eigenvalue weighted by atomic mass is 19.1. The van der Waals surface area contributed by atoms with Gasteiger partial charge in [-0.25, -0.2) is 14.2 Å². The third kappa shape index (κ3) is 3.29. The Morgan fingerprint density at radius 2 is 1.82 bits per heavy atom. The van der Waals surface area contributed by atoms with Gasteiger partial charge in [0.15, 0.2) is 12.2 Å². The minimum Gasteiger partial charge on any atom is -0.444 e. The number of anilines is 2. The van der Waals surface area contributed by atoms with Gasteiger partial charge < -0.3 is 15.1 Å². The van der Waals surface area contributed by atoms with E-state index in [4.69, 9.17) is 4.42 Å². The lowest BCUT2D eigenvalue weighted by molar-refractivity contribution is 0.262. The number of amides is 2. The first-order valence-electron chi connectivity index (χ1n) is 6.53. The van der Waals surface area contributed by atoms with Crippen molar-refractivity contribution in [2.24, 2.45) is 0 Å². The fraction of sp³-hybridized carbons (Fsp3) is 0. The van der Waals surface area contributed by atoms with Gasteiger partial charge in [0, 0.05) is 16.9 Å². The summed E-state index contributed by atoms with van der Waals surface area (Å²) in [4.78, 5) is 15.8. The fourth-order valence-electron chi connectivity index (χ4n) is 1.94. The molecule has 2 N–H and O–H groups in total. The van der Waals surface area contributed by atoms with Crippen LogP contribution in [-0.4, -0.2) is 11.0 Å². The number of benzene rings is 2. The predicted molar refractivity (Wildman–Crippen MR) is 81.0 cm³/mol. The number of aromatic nitrogens is 1. The average Bonchev–Trinajstić information content (AvgIpc) is 3.04. The minimum atomic E-state index is -0.415. The van der Waals surface area contributed by atoms with Crippen LogP contribution in [-0.2, 0) is 0 Å². The van der Waals surface area contributed by atoms with E-state index in [1.54, 1.807) is 24.4 Å². The maximum absolute atomic E-state index is 12.8. The summed E-state index contributed by atoms with van der Waals surface area (Å²) < 4.78 is 18.0. The molecule has 5 nitrogen and oxygen atoms in total. The number of hydrogen-bond donors (Lipinski definition) is 2. The summed E-state index contributed by atoms with van der Waals surface area (Å²) in [5.74, 6) is 0.258. The number of carbonyl (C=O) groups excluding carboxylic acids is 1. The van der Waals surface area contributed by atoms with Crippen LogP contribution in [0.15, 0.2) is 65.5 Å². The summed E-state index contributed by atoms with van der Waals surface area (Å²) in [5, 5.41) is 5.32. The van der Waals surface area contributed by atoms with E-state index in [1.807, 2.05) is 6.07 Å². The first-order chi connectivity index (χ1) is 10.7. The molecule has 0 saturated heterocycles. The summed E-state index contributed by atoms with van der Waals surface area (Å²) in [5.41, 5.74) is 1.91. The van der Waals surface area contributed by atoms with Crippen molar-refractivity contribution in [3.05, 3.63) is 66.9 Å². The van der Waals surface area contributed by atoms with Gasteiger partial charge in [0.25, 0.3) is 0 Å². The average molecular weight is 297 g/mol. The van der Waals surface area contributed by atoms with E-state index >= 15 is 0 Å². The number of rotatable bonds is 3. The highest BCUT2D eigenvalue weighted by Gasteiger charge is 2.06. The van der Waals surface area contributed by atoms with Crippen LogP contribution in [0.2, 0.25) is 0 Å². The largest absolute Gasteiger partial charge is 0.444 e. The Kier molecular flexibility index (Phi) is 3.82. The van der Waals surface area contributed by atoms with E-state index in [9.17, 15) is 9.18 Å². The van der Waals surface area contributed by atoms with Crippen LogP contribution in [0.3, 0.4) is 0 Å². The van der Waals surface area contributed by atoms with Gasteiger partial charge in [-0.05, 0) is 36.4 Å². The van der Waals surface area contributed by atoms with E-state index in [1.165, 1.54) is 30.7 Å². The zero-order valence-electron chi connectivity index (χ0n) is 11.4. The molecule has 0 spiro atoms. The second kappa shape index (κ2) is 6.09. The number of oxazole rings is 1. The van der Waals surface area contributed by atoms with Crippen molar-refractivity contribution in [1.82, 2.24) is 4.98 Å². The summed E-state index contributed by atoms with van der Waals surface area (Å²) in [6, 6.07) is 12.3. The maximum Gasteiger partial charge on any atom is 0.323 e. The van der Waals surface area contributed by atoms with E-state index in [2.05, 4.69) is 15.6 Å². The third-order valence-electron chi connectivity index (χ3n) is 2.94. The van der Waals surface area contributed by atoms with E-state index in [-0.39, 0.29) is 5.82 Å². The zero-order chi connectivity index (χ0) is 15.4. The number of nitrogens with zero attached hydrogens (tertiary/aromatic N) is 1. The molecule has 1 aromatic heterocycles. The molecule has 0 fully saturated rings. The lowest BCUT2D eigenvalue weighted by atomic mass is 10.1. The van der Waals surface area contributed by atoms with E-state index in [0.29, 0.717) is 17.1 Å². The van der Waals surface area contributed by atoms with Gasteiger partial charge in [0.05, 0.1) is 6.20 Å². The topological polar surface area (TPSA) is 67.2 Å². The lowest BCUT2D eigenvalue weighted by Crippen LogP contribution is -2.19. The Morgan fingerprint density at radius 3 is 2.55 bits per heavy atom. The zero-order valence-corrected chi connectivity index (χ0v) is 11.4. The molecule has 0 unspecified atom stereocenters. The lowest BCUT2D eigenvalue weighted by Gasteiger charge is -2.08. The van der Waals surface area contributed by atoms with E-state index < -0.39 is 6.03 Å². The summed E-state index contributed by atoms with van der Waals surface area (Å²) in [7, 11) is 0. The van der Waals surface area contributed by atoms with Gasteiger partial charge >= 0.3 is 6.03 Å². The van der Waals surface area contributed by atoms with Gasteiger partial charge in [0.2, 0.25) is 0 Å². The summed E-state index contributed by atoms with van der Waals surface area (Å²) in [6.45, 7) is 0. The molecule has 0 radical (unpaired) electrons. The Bertz CT molecular complexity index is 770. The molecule has 0 aliphatic carbocycles. The molecule has 6 heteroatoms. The van der Waals surface area contributed by atoms with Crippen molar-refractivity contribution in [3.8, 4) is 11.3 Å². The molecule has 2 amide bonds. The normalized spacial score (nSPS) is 10.2. The maximum atomic E-state index is 12.8. The molecule has 0 atom stereocenters. The molecule has 2 aromatic carbocycles. The molecule has 110 valence electrons. The van der Waals surface area contributed by atoms with E-state index in [0.717, 1.165) is 5.56 Å². The molecule has 0 bridgehead atoms. The Morgan fingerprint density at radius 1 is 1.05 bits per heavy atom. The van der Waals surface area contributed by atoms with Crippen LogP contribution >= 0.6 is 0 Å². The van der Waals surface area contributed by atoms with Crippen molar-refractivity contribution < 1.29 is 13.6 Å². The quantitative estimate of drug-likeness (QED) is 0.764. The van der Waals surface area contributed by atoms with Crippen LogP contribution < -0.4 is 10.6 Å². The number of carbonyl (C=O) groups is 1. The first-order valence-corrected chi connectivity index (χ1v) is 6.53. The molecule has 0 aliphatic heterocycles. The predicted octanol–water partition coefficient (Wildman–Crippen LogP) is 4.12. The smallest absolute Gasteiger partial charge is 0.323 e. The number of urea groups is 1. The second-order valence-electron chi connectivity index (χ2n) is 4.53. The molecule has 0 aliphatic rings. The highest BCUT2D eigenvalue weighted by molar-refractivity contribution is 6.00. The molecular formula is C16H12FN3O2. The Balaban J connectivity index is 1.69. The number of nitrogens with one attached hydrogen (secondary N) is 2. The number of halogens is 1. The van der Waals surface area contributed by atoms with Crippen molar-refractivity contribution in [3.63, 3.8) is 0 Å². The minimum absolute atomic E-state index is 0.356. The van der Waals surface area contributed by atoms with Gasteiger partial charge in [-0.2, -0.15) is 0 Å². The van der Waals surface area contributed by atoms with Crippen molar-refractivity contribution in [2.45, 2.75) is 0 Å². The standard InChI is InChI=1S/C16H12FN3O2/c17-12-4-6-13(7-5-12)19-16(21)20-14-3-1-2-11(8-14)15-9-18-10-22-15/h1-10H,(H2,19,20,21). The van der Waals surface area contributed by atoms with Crippen molar-refractivity contribution in [2.75, 3.05) is 10.6 Å². The van der Waals surface area contributed by atoms with Crippen molar-refractivity contribution >= 4 is 17.4 Å². The third-order valence-corrected chi connectivity index (χ3v) is 2.94. The summed E-state index contributed by atoms with van der Waals surface area (Å²) in [6.07, 6.45) is 2.94. The number of hydrogen-bond acceptors (Lipinski definition) is 3. The Labute approximate surface area is 125 Å². The van der Waals surface area contributed by atoms with Gasteiger partial charge in [-0.3, -0.25) is 0 Å². The van der Waals surface area contributed by atoms with Crippen LogP contribution in [0, 0.1) is 5.82 Å². The van der Waals surface area contributed by atoms with Gasteiger partial charge in [-0.1, -0.05) is 12.1 Å². The van der Waals surface area contributed by atoms with Crippen LogP contribution in [0.25, 0.3) is 11.3 Å². The van der Waals surface area contributed by atoms with Crippen LogP contribution in [0.4, 0.5) is 20.6 Å². The first kappa shape index (κ1) is 13.8. The van der Waals surface area contributed by atoms with Crippen LogP contribution in [0.1, 0.15) is 0 Å². The van der Waals surface area contributed by atoms with Gasteiger partial charge in [-0.15, -0.1) is 0 Å². The second-order valence-corrected chi connectivity index (χ2v) is 4.53. The highest BCUT2D eigenvalue weighted by Crippen LogP contribution is 2.22. The molecule has 3 aromatic rings. The fourth-order valence-corrected chi connectivity index (χ4v) is 1.94. The van der Waals surface area contributed by atoms with Crippen LogP contribution in [0.5, 0.6) is 0 Å². The van der Waals surface area contributed by atoms with Crippen molar-refractivity contribution in [1.29, 1.82) is 0 Å². The Hall–Kier alpha value is -3.15. The van der Waals surface area contributed by atoms with Gasteiger partial charge in [0.1, 0.15) is 5.82 Å². The molecule has 1 heterocycles. The molecule has 3 rings (SSSR count). The SMILES string of the molecule is O=C(Nc1ccc(F)cc1)Nc1cccc(-c2cnco2)c1. The summed E-state index contributed by atoms with van der Waals surface area (Å²) >= 11 is 0. The molecule has 22 heavy (non-hydrogen) atoms. The molecule has 0 saturated carbocycles.